The molecule has 3 N–H and O–H groups in total. The van der Waals surface area contributed by atoms with E-state index in [4.69, 9.17) is 9.84 Å². The van der Waals surface area contributed by atoms with E-state index in [2.05, 4.69) is 5.32 Å². The van der Waals surface area contributed by atoms with Gasteiger partial charge in [-0.15, -0.1) is 0 Å². The zero-order valence-electron chi connectivity index (χ0n) is 9.28. The van der Waals surface area contributed by atoms with Gasteiger partial charge in [0.15, 0.2) is 0 Å². The first-order chi connectivity index (χ1) is 7.60. The van der Waals surface area contributed by atoms with Crippen LogP contribution in [0.15, 0.2) is 12.1 Å². The average Bonchev–Trinajstić information content (AvgIpc) is 2.26. The number of aromatic carboxylic acids is 1. The molecule has 5 heteroatoms. The van der Waals surface area contributed by atoms with Crippen molar-refractivity contribution in [3.63, 3.8) is 0 Å². The van der Waals surface area contributed by atoms with Crippen LogP contribution in [0.2, 0.25) is 0 Å². The summed E-state index contributed by atoms with van der Waals surface area (Å²) in [6.45, 7) is 0.709. The fourth-order valence-electron chi connectivity index (χ4n) is 1.43. The number of hydrogen-bond acceptors (Lipinski definition) is 4. The fraction of sp³-hybridized carbons (Fsp3) is 0.364. The molecule has 0 bridgehead atoms. The van der Waals surface area contributed by atoms with Crippen molar-refractivity contribution in [3.05, 3.63) is 23.3 Å². The van der Waals surface area contributed by atoms with E-state index in [1.54, 1.807) is 0 Å². The van der Waals surface area contributed by atoms with E-state index < -0.39 is 5.97 Å². The fourth-order valence-corrected chi connectivity index (χ4v) is 1.43. The smallest absolute Gasteiger partial charge is 0.339 e. The van der Waals surface area contributed by atoms with Crippen LogP contribution in [-0.2, 0) is 6.42 Å². The van der Waals surface area contributed by atoms with Gasteiger partial charge in [0.25, 0.3) is 0 Å². The Morgan fingerprint density at radius 1 is 1.50 bits per heavy atom. The molecule has 0 fully saturated rings. The van der Waals surface area contributed by atoms with Gasteiger partial charge in [-0.25, -0.2) is 4.79 Å². The number of benzene rings is 1. The molecule has 0 amide bonds. The number of phenols is 1. The minimum Gasteiger partial charge on any atom is -0.507 e. The number of hydrogen-bond donors (Lipinski definition) is 3. The largest absolute Gasteiger partial charge is 0.507 e. The van der Waals surface area contributed by atoms with E-state index in [1.807, 2.05) is 7.05 Å². The second kappa shape index (κ2) is 5.37. The van der Waals surface area contributed by atoms with E-state index in [1.165, 1.54) is 19.2 Å². The van der Waals surface area contributed by atoms with Crippen LogP contribution >= 0.6 is 0 Å². The van der Waals surface area contributed by atoms with Gasteiger partial charge in [0, 0.05) is 6.07 Å². The molecule has 0 saturated heterocycles. The van der Waals surface area contributed by atoms with Crippen molar-refractivity contribution in [1.82, 2.24) is 5.32 Å². The van der Waals surface area contributed by atoms with Gasteiger partial charge in [0.2, 0.25) is 0 Å². The number of ether oxygens (including phenoxy) is 1. The lowest BCUT2D eigenvalue weighted by Gasteiger charge is -2.10. The summed E-state index contributed by atoms with van der Waals surface area (Å²) >= 11 is 0. The van der Waals surface area contributed by atoms with Gasteiger partial charge < -0.3 is 20.3 Å². The Bertz CT molecular complexity index is 390. The quantitative estimate of drug-likeness (QED) is 0.692. The van der Waals surface area contributed by atoms with Gasteiger partial charge in [-0.3, -0.25) is 0 Å². The highest BCUT2D eigenvalue weighted by Crippen LogP contribution is 2.28. The monoisotopic (exact) mass is 225 g/mol. The Kier molecular flexibility index (Phi) is 4.13. The number of carboxylic acid groups (broad SMARTS) is 1. The van der Waals surface area contributed by atoms with Crippen molar-refractivity contribution in [2.24, 2.45) is 0 Å². The van der Waals surface area contributed by atoms with Crippen LogP contribution in [-0.4, -0.2) is 36.9 Å². The zero-order valence-corrected chi connectivity index (χ0v) is 9.28. The number of methoxy groups -OCH3 is 1. The lowest BCUT2D eigenvalue weighted by atomic mass is 10.1. The minimum atomic E-state index is -1.15. The molecule has 1 rings (SSSR count). The highest BCUT2D eigenvalue weighted by Gasteiger charge is 2.14. The predicted octanol–water partition coefficient (Wildman–Crippen LogP) is 0.861. The number of nitrogens with one attached hydrogen (secondary N) is 1. The van der Waals surface area contributed by atoms with Crippen LogP contribution < -0.4 is 10.1 Å². The second-order valence-electron chi connectivity index (χ2n) is 3.34. The standard InChI is InChI=1S/C11H15NO4/c1-12-4-3-7-5-8(11(14)15)9(13)6-10(7)16-2/h5-6,12-13H,3-4H2,1-2H3,(H,14,15). The Morgan fingerprint density at radius 2 is 2.19 bits per heavy atom. The minimum absolute atomic E-state index is 0.105. The summed E-state index contributed by atoms with van der Waals surface area (Å²) in [7, 11) is 3.29. The third-order valence-electron chi connectivity index (χ3n) is 2.27. The summed E-state index contributed by atoms with van der Waals surface area (Å²) in [5.74, 6) is -0.929. The van der Waals surface area contributed by atoms with E-state index in [0.717, 1.165) is 5.56 Å². The zero-order chi connectivity index (χ0) is 12.1. The third-order valence-corrected chi connectivity index (χ3v) is 2.27. The molecule has 0 radical (unpaired) electrons. The summed E-state index contributed by atoms with van der Waals surface area (Å²) in [5.41, 5.74) is 0.652. The van der Waals surface area contributed by atoms with Crippen molar-refractivity contribution in [1.29, 1.82) is 0 Å². The Hall–Kier alpha value is -1.75. The molecule has 0 atom stereocenters. The number of carboxylic acids is 1. The maximum atomic E-state index is 10.8. The molecule has 0 heterocycles. The molecule has 0 saturated carbocycles. The van der Waals surface area contributed by atoms with Crippen LogP contribution in [0.5, 0.6) is 11.5 Å². The van der Waals surface area contributed by atoms with Crippen LogP contribution in [0.25, 0.3) is 0 Å². The molecule has 0 aliphatic heterocycles. The maximum absolute atomic E-state index is 10.8. The summed E-state index contributed by atoms with van der Waals surface area (Å²) < 4.78 is 5.08. The van der Waals surface area contributed by atoms with Gasteiger partial charge in [-0.05, 0) is 31.6 Å². The molecule has 0 spiro atoms. The van der Waals surface area contributed by atoms with Crippen LogP contribution in [0.4, 0.5) is 0 Å². The Labute approximate surface area is 93.7 Å². The van der Waals surface area contributed by atoms with Crippen molar-refractivity contribution >= 4 is 5.97 Å². The molecule has 0 aliphatic carbocycles. The average molecular weight is 225 g/mol. The van der Waals surface area contributed by atoms with Crippen LogP contribution in [0.3, 0.4) is 0 Å². The molecule has 16 heavy (non-hydrogen) atoms. The molecule has 0 aliphatic rings. The number of aromatic hydroxyl groups is 1. The number of carbonyl (C=O) groups is 1. The van der Waals surface area contributed by atoms with E-state index >= 15 is 0 Å². The summed E-state index contributed by atoms with van der Waals surface area (Å²) in [6, 6.07) is 2.77. The van der Waals surface area contributed by atoms with E-state index in [-0.39, 0.29) is 11.3 Å². The first-order valence-electron chi connectivity index (χ1n) is 4.88. The summed E-state index contributed by atoms with van der Waals surface area (Å²) in [5, 5.41) is 21.3. The number of rotatable bonds is 5. The van der Waals surface area contributed by atoms with Gasteiger partial charge in [0.05, 0.1) is 7.11 Å². The summed E-state index contributed by atoms with van der Waals surface area (Å²) in [4.78, 5) is 10.8. The highest BCUT2D eigenvalue weighted by atomic mass is 16.5. The Balaban J connectivity index is 3.12. The van der Waals surface area contributed by atoms with Crippen LogP contribution in [0, 0.1) is 0 Å². The van der Waals surface area contributed by atoms with Gasteiger partial charge in [-0.1, -0.05) is 0 Å². The lowest BCUT2D eigenvalue weighted by Crippen LogP contribution is -2.11. The summed E-state index contributed by atoms with van der Waals surface area (Å²) in [6.07, 6.45) is 0.639. The lowest BCUT2D eigenvalue weighted by molar-refractivity contribution is 0.0693. The third kappa shape index (κ3) is 2.64. The predicted molar refractivity (Wildman–Crippen MR) is 59.2 cm³/mol. The molecular weight excluding hydrogens is 210 g/mol. The first kappa shape index (κ1) is 12.3. The van der Waals surface area contributed by atoms with Gasteiger partial charge >= 0.3 is 5.97 Å². The molecule has 0 unspecified atom stereocenters. The van der Waals surface area contributed by atoms with Gasteiger partial charge in [0.1, 0.15) is 17.1 Å². The number of likely N-dealkylation sites (N-methyl/N-ethyl adjacent to an activating group) is 1. The van der Waals surface area contributed by atoms with Crippen molar-refractivity contribution in [2.75, 3.05) is 20.7 Å². The van der Waals surface area contributed by atoms with E-state index in [9.17, 15) is 9.90 Å². The molecule has 5 nitrogen and oxygen atoms in total. The normalized spacial score (nSPS) is 10.1. The second-order valence-corrected chi connectivity index (χ2v) is 3.34. The highest BCUT2D eigenvalue weighted by molar-refractivity contribution is 5.91. The van der Waals surface area contributed by atoms with Crippen molar-refractivity contribution < 1.29 is 19.7 Å². The van der Waals surface area contributed by atoms with Crippen LogP contribution in [0.1, 0.15) is 15.9 Å². The molecule has 88 valence electrons. The first-order valence-corrected chi connectivity index (χ1v) is 4.88. The van der Waals surface area contributed by atoms with Gasteiger partial charge in [-0.2, -0.15) is 0 Å². The van der Waals surface area contributed by atoms with Crippen molar-refractivity contribution in [2.45, 2.75) is 6.42 Å². The topological polar surface area (TPSA) is 78.8 Å². The molecule has 1 aromatic rings. The molecule has 1 aromatic carbocycles. The SMILES string of the molecule is CNCCc1cc(C(=O)O)c(O)cc1OC. The maximum Gasteiger partial charge on any atom is 0.339 e. The van der Waals surface area contributed by atoms with Crippen molar-refractivity contribution in [3.8, 4) is 11.5 Å². The van der Waals surface area contributed by atoms with E-state index in [0.29, 0.717) is 18.7 Å². The Morgan fingerprint density at radius 3 is 2.69 bits per heavy atom. The molecule has 0 aromatic heterocycles. The molecular formula is C11H15NO4.